The van der Waals surface area contributed by atoms with Gasteiger partial charge in [0.2, 0.25) is 5.91 Å². The van der Waals surface area contributed by atoms with Crippen molar-refractivity contribution in [3.8, 4) is 0 Å². The van der Waals surface area contributed by atoms with E-state index in [0.29, 0.717) is 13.1 Å². The highest BCUT2D eigenvalue weighted by Gasteiger charge is 2.24. The molecule has 0 spiro atoms. The molecule has 0 aliphatic carbocycles. The zero-order valence-electron chi connectivity index (χ0n) is 11.7. The molecule has 0 radical (unpaired) electrons. The summed E-state index contributed by atoms with van der Waals surface area (Å²) < 4.78 is 13.9. The third kappa shape index (κ3) is 3.46. The summed E-state index contributed by atoms with van der Waals surface area (Å²) in [7, 11) is 1.48. The number of nitrogens with zero attached hydrogens (tertiary/aromatic N) is 3. The fourth-order valence-corrected chi connectivity index (χ4v) is 2.33. The van der Waals surface area contributed by atoms with Crippen LogP contribution in [0.3, 0.4) is 0 Å². The lowest BCUT2D eigenvalue weighted by Gasteiger charge is -2.29. The molecular formula is C13H17FN4O3. The Balaban J connectivity index is 2.14. The smallest absolute Gasteiger partial charge is 0.295 e. The third-order valence-corrected chi connectivity index (χ3v) is 3.39. The summed E-state index contributed by atoms with van der Waals surface area (Å²) in [4.78, 5) is 25.4. The van der Waals surface area contributed by atoms with E-state index in [1.54, 1.807) is 4.90 Å². The van der Waals surface area contributed by atoms with Gasteiger partial charge >= 0.3 is 0 Å². The summed E-state index contributed by atoms with van der Waals surface area (Å²) in [5.41, 5.74) is -0.503. The minimum absolute atomic E-state index is 0.0955. The first-order valence-corrected chi connectivity index (χ1v) is 6.63. The Morgan fingerprint density at radius 2 is 2.14 bits per heavy atom. The number of hydrogen-bond donors (Lipinski definition) is 1. The lowest BCUT2D eigenvalue weighted by molar-refractivity contribution is -0.384. The molecular weight excluding hydrogens is 279 g/mol. The molecule has 2 rings (SSSR count). The zero-order chi connectivity index (χ0) is 15.4. The second-order valence-corrected chi connectivity index (χ2v) is 4.85. The fourth-order valence-electron chi connectivity index (χ4n) is 2.33. The number of likely N-dealkylation sites (N-methyl/N-ethyl adjacent to an activating group) is 1. The normalized spacial score (nSPS) is 14.9. The quantitative estimate of drug-likeness (QED) is 0.650. The summed E-state index contributed by atoms with van der Waals surface area (Å²) in [6, 6.07) is 3.65. The molecule has 7 nitrogen and oxygen atoms in total. The van der Waals surface area contributed by atoms with Crippen LogP contribution in [-0.4, -0.2) is 55.5 Å². The maximum atomic E-state index is 13.9. The van der Waals surface area contributed by atoms with Gasteiger partial charge in [-0.25, -0.2) is 4.39 Å². The number of para-hydroxylation sites is 1. The predicted octanol–water partition coefficient (Wildman–Crippen LogP) is 0.602. The Hall–Kier alpha value is -2.22. The van der Waals surface area contributed by atoms with Crippen molar-refractivity contribution in [1.82, 2.24) is 10.2 Å². The van der Waals surface area contributed by atoms with E-state index in [4.69, 9.17) is 0 Å². The number of carbonyl (C=O) groups is 1. The van der Waals surface area contributed by atoms with Crippen LogP contribution in [0.4, 0.5) is 15.8 Å². The van der Waals surface area contributed by atoms with Crippen molar-refractivity contribution in [3.05, 3.63) is 34.1 Å². The van der Waals surface area contributed by atoms with E-state index in [-0.39, 0.29) is 23.8 Å². The maximum Gasteiger partial charge on any atom is 0.295 e. The van der Waals surface area contributed by atoms with Crippen LogP contribution in [0.1, 0.15) is 0 Å². The van der Waals surface area contributed by atoms with Crippen LogP contribution in [0.15, 0.2) is 18.2 Å². The molecule has 1 aromatic rings. The molecule has 1 amide bonds. The highest BCUT2D eigenvalue weighted by atomic mass is 19.1. The number of rotatable bonds is 4. The second kappa shape index (κ2) is 6.49. The largest absolute Gasteiger partial charge is 0.357 e. The number of benzene rings is 1. The number of nitrogens with one attached hydrogen (secondary N) is 1. The molecule has 0 unspecified atom stereocenters. The van der Waals surface area contributed by atoms with Crippen LogP contribution in [0.5, 0.6) is 0 Å². The zero-order valence-corrected chi connectivity index (χ0v) is 11.7. The van der Waals surface area contributed by atoms with Gasteiger partial charge in [-0.15, -0.1) is 0 Å². The van der Waals surface area contributed by atoms with Crippen molar-refractivity contribution in [2.24, 2.45) is 0 Å². The summed E-state index contributed by atoms with van der Waals surface area (Å²) in [6.45, 7) is 2.52. The van der Waals surface area contributed by atoms with Gasteiger partial charge in [-0.2, -0.15) is 0 Å². The Labute approximate surface area is 121 Å². The third-order valence-electron chi connectivity index (χ3n) is 3.39. The van der Waals surface area contributed by atoms with Crippen molar-refractivity contribution in [3.63, 3.8) is 0 Å². The van der Waals surface area contributed by atoms with E-state index in [1.165, 1.54) is 24.1 Å². The average Bonchev–Trinajstić information content (AvgIpc) is 2.47. The number of anilines is 1. The minimum atomic E-state index is -0.709. The molecule has 114 valence electrons. The monoisotopic (exact) mass is 296 g/mol. The van der Waals surface area contributed by atoms with Gasteiger partial charge < -0.3 is 15.1 Å². The van der Waals surface area contributed by atoms with Gasteiger partial charge in [0.1, 0.15) is 0 Å². The van der Waals surface area contributed by atoms with Crippen molar-refractivity contribution in [2.45, 2.75) is 0 Å². The standard InChI is InChI=1S/C13H17FN4O3/c1-16(9-12(19)17-7-5-15-6-8-17)13-10(14)3-2-4-11(13)18(20)21/h2-4,15H,5-9H2,1H3. The first kappa shape index (κ1) is 15.2. The molecule has 0 bridgehead atoms. The van der Waals surface area contributed by atoms with Crippen molar-refractivity contribution < 1.29 is 14.1 Å². The lowest BCUT2D eigenvalue weighted by Crippen LogP contribution is -2.49. The summed E-state index contributed by atoms with van der Waals surface area (Å²) in [5, 5.41) is 14.1. The Morgan fingerprint density at radius 3 is 2.76 bits per heavy atom. The molecule has 0 atom stereocenters. The molecule has 21 heavy (non-hydrogen) atoms. The Morgan fingerprint density at radius 1 is 1.48 bits per heavy atom. The highest BCUT2D eigenvalue weighted by molar-refractivity contribution is 5.82. The molecule has 8 heteroatoms. The van der Waals surface area contributed by atoms with E-state index in [1.807, 2.05) is 0 Å². The number of carbonyl (C=O) groups excluding carboxylic acids is 1. The fraction of sp³-hybridized carbons (Fsp3) is 0.462. The minimum Gasteiger partial charge on any atom is -0.357 e. The number of nitro groups is 1. The molecule has 0 saturated carbocycles. The lowest BCUT2D eigenvalue weighted by atomic mass is 10.2. The van der Waals surface area contributed by atoms with Gasteiger partial charge in [0.05, 0.1) is 11.5 Å². The number of nitro benzene ring substituents is 1. The van der Waals surface area contributed by atoms with Gasteiger partial charge in [0, 0.05) is 39.3 Å². The van der Waals surface area contributed by atoms with E-state index < -0.39 is 10.7 Å². The van der Waals surface area contributed by atoms with Crippen LogP contribution < -0.4 is 10.2 Å². The van der Waals surface area contributed by atoms with Crippen molar-refractivity contribution >= 4 is 17.3 Å². The Kier molecular flexibility index (Phi) is 4.69. The number of halogens is 1. The van der Waals surface area contributed by atoms with Gasteiger partial charge in [-0.3, -0.25) is 14.9 Å². The molecule has 1 heterocycles. The van der Waals surface area contributed by atoms with Crippen LogP contribution >= 0.6 is 0 Å². The molecule has 1 N–H and O–H groups in total. The van der Waals surface area contributed by atoms with Gasteiger partial charge in [-0.1, -0.05) is 6.07 Å². The summed E-state index contributed by atoms with van der Waals surface area (Å²) >= 11 is 0. The van der Waals surface area contributed by atoms with E-state index >= 15 is 0 Å². The van der Waals surface area contributed by atoms with Gasteiger partial charge in [-0.05, 0) is 6.07 Å². The molecule has 1 fully saturated rings. The van der Waals surface area contributed by atoms with Crippen LogP contribution in [0.25, 0.3) is 0 Å². The maximum absolute atomic E-state index is 13.9. The molecule has 1 aliphatic heterocycles. The van der Waals surface area contributed by atoms with Crippen LogP contribution in [0.2, 0.25) is 0 Å². The first-order valence-electron chi connectivity index (χ1n) is 6.63. The molecule has 1 aromatic carbocycles. The average molecular weight is 296 g/mol. The second-order valence-electron chi connectivity index (χ2n) is 4.85. The predicted molar refractivity (Wildman–Crippen MR) is 75.8 cm³/mol. The molecule has 0 aromatic heterocycles. The summed E-state index contributed by atoms with van der Waals surface area (Å²) in [5.74, 6) is -0.878. The van der Waals surface area contributed by atoms with Gasteiger partial charge in [0.15, 0.2) is 11.5 Å². The van der Waals surface area contributed by atoms with Gasteiger partial charge in [0.25, 0.3) is 5.69 Å². The number of amides is 1. The van der Waals surface area contributed by atoms with E-state index in [0.717, 1.165) is 19.2 Å². The van der Waals surface area contributed by atoms with E-state index in [9.17, 15) is 19.3 Å². The van der Waals surface area contributed by atoms with Crippen molar-refractivity contribution in [2.75, 3.05) is 44.7 Å². The summed E-state index contributed by atoms with van der Waals surface area (Å²) in [6.07, 6.45) is 0. The van der Waals surface area contributed by atoms with Crippen molar-refractivity contribution in [1.29, 1.82) is 0 Å². The molecule has 1 aliphatic rings. The van der Waals surface area contributed by atoms with E-state index in [2.05, 4.69) is 5.32 Å². The Bertz CT molecular complexity index is 546. The number of hydrogen-bond acceptors (Lipinski definition) is 5. The molecule has 1 saturated heterocycles. The topological polar surface area (TPSA) is 78.7 Å². The SMILES string of the molecule is CN(CC(=O)N1CCNCC1)c1c(F)cccc1[N+](=O)[O-]. The van der Waals surface area contributed by atoms with Crippen LogP contribution in [0, 0.1) is 15.9 Å². The number of piperazine rings is 1. The highest BCUT2D eigenvalue weighted by Crippen LogP contribution is 2.29. The first-order chi connectivity index (χ1) is 10.0. The van der Waals surface area contributed by atoms with Crippen LogP contribution in [-0.2, 0) is 4.79 Å².